The maximum absolute atomic E-state index is 5.46. The second-order valence-corrected chi connectivity index (χ2v) is 10.0. The SMILES string of the molecule is CNCc1ccc(S)cc1.NC(N)=NCc1ccc(OCCS)c(Br)c1.NC(N)=NCc1cccc(S)c1. The predicted octanol–water partition coefficient (Wildman–Crippen LogP) is 3.97. The molecule has 0 aliphatic heterocycles. The van der Waals surface area contributed by atoms with Crippen LogP contribution in [0.3, 0.4) is 0 Å². The highest BCUT2D eigenvalue weighted by Gasteiger charge is 2.02. The molecule has 0 saturated carbocycles. The summed E-state index contributed by atoms with van der Waals surface area (Å²) in [6, 6.07) is 21.6. The minimum atomic E-state index is 0.0894. The molecule has 3 aromatic rings. The molecule has 0 aromatic heterocycles. The van der Waals surface area contributed by atoms with E-state index < -0.39 is 0 Å². The number of thiol groups is 3. The van der Waals surface area contributed by atoms with Crippen molar-refractivity contribution in [3.05, 3.63) is 87.9 Å². The van der Waals surface area contributed by atoms with Gasteiger partial charge >= 0.3 is 0 Å². The fourth-order valence-corrected chi connectivity index (χ4v) is 3.79. The summed E-state index contributed by atoms with van der Waals surface area (Å²) in [5, 5.41) is 3.08. The predicted molar refractivity (Wildman–Crippen MR) is 173 cm³/mol. The molecule has 0 aliphatic rings. The molecule has 0 atom stereocenters. The zero-order valence-corrected chi connectivity index (χ0v) is 25.5. The van der Waals surface area contributed by atoms with Gasteiger partial charge in [-0.25, -0.2) is 9.98 Å². The third-order valence-electron chi connectivity index (χ3n) is 4.46. The van der Waals surface area contributed by atoms with E-state index in [1.54, 1.807) is 0 Å². The smallest absolute Gasteiger partial charge is 0.186 e. The Morgan fingerprint density at radius 2 is 1.39 bits per heavy atom. The van der Waals surface area contributed by atoms with E-state index in [0.717, 1.165) is 37.7 Å². The maximum atomic E-state index is 5.46. The molecule has 0 aliphatic carbocycles. The zero-order chi connectivity index (χ0) is 28.3. The van der Waals surface area contributed by atoms with Crippen LogP contribution in [0.1, 0.15) is 16.7 Å². The average molecular weight is 639 g/mol. The molecule has 0 fully saturated rings. The van der Waals surface area contributed by atoms with Crippen molar-refractivity contribution in [3.8, 4) is 5.75 Å². The highest BCUT2D eigenvalue weighted by molar-refractivity contribution is 9.10. The van der Waals surface area contributed by atoms with Crippen LogP contribution in [0, 0.1) is 0 Å². The molecular weight excluding hydrogens is 602 g/mol. The monoisotopic (exact) mass is 637 g/mol. The Morgan fingerprint density at radius 1 is 0.816 bits per heavy atom. The highest BCUT2D eigenvalue weighted by atomic mass is 79.9. The first-order valence-corrected chi connectivity index (χ1v) is 13.8. The van der Waals surface area contributed by atoms with Crippen LogP contribution >= 0.6 is 53.8 Å². The lowest BCUT2D eigenvalue weighted by atomic mass is 10.2. The Hall–Kier alpha value is -2.51. The fourth-order valence-electron chi connectivity index (χ4n) is 2.75. The van der Waals surface area contributed by atoms with Crippen molar-refractivity contribution < 1.29 is 4.74 Å². The van der Waals surface area contributed by atoms with E-state index in [1.165, 1.54) is 5.56 Å². The summed E-state index contributed by atoms with van der Waals surface area (Å²) in [6.07, 6.45) is 0. The van der Waals surface area contributed by atoms with Gasteiger partial charge in [-0.15, -0.1) is 25.3 Å². The Labute approximate surface area is 250 Å². The molecule has 3 aromatic carbocycles. The van der Waals surface area contributed by atoms with Crippen LogP contribution < -0.4 is 33.0 Å². The van der Waals surface area contributed by atoms with Gasteiger partial charge in [0.25, 0.3) is 0 Å². The number of guanidine groups is 2. The van der Waals surface area contributed by atoms with E-state index in [1.807, 2.05) is 61.6 Å². The topological polar surface area (TPSA) is 150 Å². The van der Waals surface area contributed by atoms with Crippen LogP contribution in [0.2, 0.25) is 0 Å². The number of halogens is 1. The third kappa shape index (κ3) is 15.7. The molecule has 8 nitrogen and oxygen atoms in total. The van der Waals surface area contributed by atoms with E-state index in [2.05, 4.69) is 81.3 Å². The molecule has 0 bridgehead atoms. The molecule has 0 unspecified atom stereocenters. The van der Waals surface area contributed by atoms with Gasteiger partial charge < -0.3 is 33.0 Å². The molecule has 3 rings (SSSR count). The van der Waals surface area contributed by atoms with Crippen LogP contribution in [-0.4, -0.2) is 31.3 Å². The van der Waals surface area contributed by atoms with Crippen LogP contribution in [0.4, 0.5) is 0 Å². The molecule has 0 heterocycles. The quantitative estimate of drug-likeness (QED) is 0.101. The third-order valence-corrected chi connectivity index (χ3v) is 5.84. The number of hydrogen-bond donors (Lipinski definition) is 8. The number of nitrogens with two attached hydrogens (primary N) is 4. The van der Waals surface area contributed by atoms with E-state index in [9.17, 15) is 0 Å². The van der Waals surface area contributed by atoms with Gasteiger partial charge in [-0.05, 0) is 76.1 Å². The van der Waals surface area contributed by atoms with Gasteiger partial charge in [-0.3, -0.25) is 0 Å². The molecule has 9 N–H and O–H groups in total. The van der Waals surface area contributed by atoms with E-state index in [4.69, 9.17) is 27.7 Å². The normalized spacial score (nSPS) is 9.71. The molecule has 0 saturated heterocycles. The number of aliphatic imine (C=N–C) groups is 2. The summed E-state index contributed by atoms with van der Waals surface area (Å²) in [5.74, 6) is 1.68. The molecule has 0 radical (unpaired) electrons. The van der Waals surface area contributed by atoms with Gasteiger partial charge in [0.05, 0.1) is 24.2 Å². The van der Waals surface area contributed by atoms with Gasteiger partial charge in [0.2, 0.25) is 0 Å². The first-order chi connectivity index (χ1) is 18.1. The minimum absolute atomic E-state index is 0.0894. The Morgan fingerprint density at radius 3 is 1.89 bits per heavy atom. The van der Waals surface area contributed by atoms with Crippen molar-refractivity contribution >= 4 is 65.7 Å². The first-order valence-electron chi connectivity index (χ1n) is 11.5. The lowest BCUT2D eigenvalue weighted by Crippen LogP contribution is -2.22. The molecule has 206 valence electrons. The lowest BCUT2D eigenvalue weighted by molar-refractivity contribution is 0.342. The van der Waals surface area contributed by atoms with Gasteiger partial charge in [0, 0.05) is 22.1 Å². The van der Waals surface area contributed by atoms with Crippen molar-refractivity contribution in [1.29, 1.82) is 0 Å². The highest BCUT2D eigenvalue weighted by Crippen LogP contribution is 2.26. The number of nitrogens with one attached hydrogen (secondary N) is 1. The van der Waals surface area contributed by atoms with E-state index in [0.29, 0.717) is 25.4 Å². The Balaban J connectivity index is 0.000000294. The molecule has 0 amide bonds. The van der Waals surface area contributed by atoms with Crippen molar-refractivity contribution in [2.24, 2.45) is 32.9 Å². The number of benzene rings is 3. The van der Waals surface area contributed by atoms with Gasteiger partial charge in [0.15, 0.2) is 11.9 Å². The second-order valence-electron chi connectivity index (χ2n) is 7.69. The molecule has 0 spiro atoms. The fraction of sp³-hybridized carbons (Fsp3) is 0.231. The van der Waals surface area contributed by atoms with E-state index in [-0.39, 0.29) is 11.9 Å². The Bertz CT molecular complexity index is 1150. The average Bonchev–Trinajstić information content (AvgIpc) is 2.88. The number of nitrogens with zero attached hydrogens (tertiary/aromatic N) is 2. The summed E-state index contributed by atoms with van der Waals surface area (Å²) >= 11 is 15.9. The van der Waals surface area contributed by atoms with Crippen LogP contribution in [0.5, 0.6) is 5.75 Å². The largest absolute Gasteiger partial charge is 0.492 e. The van der Waals surface area contributed by atoms with Crippen molar-refractivity contribution in [1.82, 2.24) is 5.32 Å². The summed E-state index contributed by atoms with van der Waals surface area (Å²) in [4.78, 5) is 9.73. The molecule has 38 heavy (non-hydrogen) atoms. The number of ether oxygens (including phenoxy) is 1. The van der Waals surface area contributed by atoms with Gasteiger partial charge in [0.1, 0.15) is 5.75 Å². The van der Waals surface area contributed by atoms with Crippen LogP contribution in [0.15, 0.2) is 91.0 Å². The minimum Gasteiger partial charge on any atom is -0.492 e. The number of hydrogen-bond acceptors (Lipinski definition) is 7. The maximum Gasteiger partial charge on any atom is 0.186 e. The number of rotatable bonds is 9. The summed E-state index contributed by atoms with van der Waals surface area (Å²) in [6.45, 7) is 2.48. The zero-order valence-electron chi connectivity index (χ0n) is 21.2. The van der Waals surface area contributed by atoms with Crippen molar-refractivity contribution in [2.75, 3.05) is 19.4 Å². The standard InChI is InChI=1S/C10H14BrN3OS.C8H11N3S.C8H11NS/c11-8-5-7(6-14-10(12)13)1-2-9(8)15-3-4-16;9-8(10)11-5-6-2-1-3-7(12)4-6;1-9-6-7-2-4-8(10)5-3-7/h1-2,5,16H,3-4,6H2,(H4,12,13,14);1-4,12H,5H2,(H4,9,10,11);2-5,9-10H,6H2,1H3. The van der Waals surface area contributed by atoms with Crippen LogP contribution in [0.25, 0.3) is 0 Å². The van der Waals surface area contributed by atoms with Crippen molar-refractivity contribution in [2.45, 2.75) is 29.4 Å². The van der Waals surface area contributed by atoms with Crippen LogP contribution in [-0.2, 0) is 19.6 Å². The molecular formula is C26H36BrN7OS3. The second kappa shape index (κ2) is 19.5. The van der Waals surface area contributed by atoms with Crippen molar-refractivity contribution in [3.63, 3.8) is 0 Å². The Kier molecular flexibility index (Phi) is 17.2. The summed E-state index contributed by atoms with van der Waals surface area (Å²) in [5.41, 5.74) is 24.2. The first kappa shape index (κ1) is 33.5. The lowest BCUT2D eigenvalue weighted by Gasteiger charge is -2.07. The molecule has 12 heteroatoms. The van der Waals surface area contributed by atoms with Gasteiger partial charge in [-0.1, -0.05) is 30.3 Å². The summed E-state index contributed by atoms with van der Waals surface area (Å²) in [7, 11) is 1.94. The van der Waals surface area contributed by atoms with E-state index >= 15 is 0 Å². The van der Waals surface area contributed by atoms with Gasteiger partial charge in [-0.2, -0.15) is 12.6 Å². The summed E-state index contributed by atoms with van der Waals surface area (Å²) < 4.78 is 6.34.